The van der Waals surface area contributed by atoms with E-state index < -0.39 is 10.0 Å². The van der Waals surface area contributed by atoms with Gasteiger partial charge in [-0.2, -0.15) is 4.31 Å². The Hall–Kier alpha value is -2.45. The van der Waals surface area contributed by atoms with Gasteiger partial charge in [0.15, 0.2) is 6.61 Å². The third-order valence-electron chi connectivity index (χ3n) is 4.28. The Morgan fingerprint density at radius 3 is 2.18 bits per heavy atom. The molecular weight excluding hydrogens is 383 g/mol. The highest BCUT2D eigenvalue weighted by molar-refractivity contribution is 7.89. The molecule has 0 spiro atoms. The van der Waals surface area contributed by atoms with Crippen molar-refractivity contribution in [3.05, 3.63) is 59.9 Å². The zero-order chi connectivity index (χ0) is 20.7. The second kappa shape index (κ2) is 9.66. The molecule has 0 heterocycles. The highest BCUT2D eigenvalue weighted by Crippen LogP contribution is 2.19. The van der Waals surface area contributed by atoms with E-state index in [0.29, 0.717) is 18.8 Å². The van der Waals surface area contributed by atoms with Gasteiger partial charge in [-0.15, -0.1) is 0 Å². The lowest BCUT2D eigenvalue weighted by atomic mass is 10.1. The number of sulfonamides is 1. The molecule has 2 aromatic rings. The van der Waals surface area contributed by atoms with Crippen LogP contribution in [0.2, 0.25) is 0 Å². The first kappa shape index (κ1) is 21.8. The topological polar surface area (TPSA) is 75.7 Å². The van der Waals surface area contributed by atoms with Crippen molar-refractivity contribution in [2.24, 2.45) is 0 Å². The fourth-order valence-corrected chi connectivity index (χ4v) is 4.15. The lowest BCUT2D eigenvalue weighted by Gasteiger charge is -2.18. The van der Waals surface area contributed by atoms with Gasteiger partial charge in [0.1, 0.15) is 11.6 Å². The smallest absolute Gasteiger partial charge is 0.258 e. The Morgan fingerprint density at radius 2 is 1.64 bits per heavy atom. The van der Waals surface area contributed by atoms with Crippen molar-refractivity contribution in [2.75, 3.05) is 19.7 Å². The molecular formula is C20H25FN2O4S. The first-order chi connectivity index (χ1) is 13.3. The van der Waals surface area contributed by atoms with Crippen LogP contribution < -0.4 is 10.1 Å². The van der Waals surface area contributed by atoms with E-state index >= 15 is 0 Å². The highest BCUT2D eigenvalue weighted by atomic mass is 32.2. The monoisotopic (exact) mass is 408 g/mol. The van der Waals surface area contributed by atoms with Gasteiger partial charge in [-0.1, -0.05) is 26.0 Å². The number of carbonyl (C=O) groups excluding carboxylic acids is 1. The van der Waals surface area contributed by atoms with Crippen LogP contribution in [0.25, 0.3) is 0 Å². The van der Waals surface area contributed by atoms with Gasteiger partial charge < -0.3 is 10.1 Å². The summed E-state index contributed by atoms with van der Waals surface area (Å²) < 4.78 is 44.6. The third kappa shape index (κ3) is 5.53. The standard InChI is InChI=1S/C20H25FN2O4S/c1-4-23(5-2)28(25,26)19-12-10-18(11-13-19)27-14-20(24)22-15(3)16-6-8-17(21)9-7-16/h6-13,15H,4-5,14H2,1-3H3,(H,22,24)/t15-/m0/s1. The number of amides is 1. The predicted molar refractivity (Wildman–Crippen MR) is 105 cm³/mol. The van der Waals surface area contributed by atoms with Gasteiger partial charge in [0, 0.05) is 13.1 Å². The van der Waals surface area contributed by atoms with Crippen molar-refractivity contribution in [3.8, 4) is 5.75 Å². The van der Waals surface area contributed by atoms with Gasteiger partial charge in [0.25, 0.3) is 5.91 Å². The van der Waals surface area contributed by atoms with Crippen LogP contribution in [0.4, 0.5) is 4.39 Å². The molecule has 28 heavy (non-hydrogen) atoms. The molecule has 8 heteroatoms. The summed E-state index contributed by atoms with van der Waals surface area (Å²) in [6.45, 7) is 5.92. The average molecular weight is 408 g/mol. The van der Waals surface area contributed by atoms with Crippen molar-refractivity contribution in [1.29, 1.82) is 0 Å². The summed E-state index contributed by atoms with van der Waals surface area (Å²) in [7, 11) is -3.53. The maximum absolute atomic E-state index is 13.0. The first-order valence-corrected chi connectivity index (χ1v) is 10.5. The Labute approximate surface area is 165 Å². The maximum atomic E-state index is 13.0. The number of carbonyl (C=O) groups is 1. The number of nitrogens with zero attached hydrogens (tertiary/aromatic N) is 1. The lowest BCUT2D eigenvalue weighted by Crippen LogP contribution is -2.31. The number of halogens is 1. The third-order valence-corrected chi connectivity index (χ3v) is 6.35. The number of rotatable bonds is 9. The van der Waals surface area contributed by atoms with Gasteiger partial charge >= 0.3 is 0 Å². The second-order valence-electron chi connectivity index (χ2n) is 6.19. The zero-order valence-electron chi connectivity index (χ0n) is 16.2. The summed E-state index contributed by atoms with van der Waals surface area (Å²) in [4.78, 5) is 12.2. The molecule has 0 aliphatic carbocycles. The van der Waals surface area contributed by atoms with Crippen LogP contribution in [0.5, 0.6) is 5.75 Å². The van der Waals surface area contributed by atoms with E-state index in [-0.39, 0.29) is 29.3 Å². The molecule has 0 aliphatic rings. The number of ether oxygens (including phenoxy) is 1. The van der Waals surface area contributed by atoms with Crippen LogP contribution >= 0.6 is 0 Å². The Morgan fingerprint density at radius 1 is 1.07 bits per heavy atom. The van der Waals surface area contributed by atoms with Crippen molar-refractivity contribution in [2.45, 2.75) is 31.7 Å². The summed E-state index contributed by atoms with van der Waals surface area (Å²) in [5, 5.41) is 2.76. The molecule has 1 atom stereocenters. The largest absolute Gasteiger partial charge is 0.484 e. The molecule has 0 unspecified atom stereocenters. The quantitative estimate of drug-likeness (QED) is 0.692. The SMILES string of the molecule is CCN(CC)S(=O)(=O)c1ccc(OCC(=O)N[C@@H](C)c2ccc(F)cc2)cc1. The summed E-state index contributed by atoms with van der Waals surface area (Å²) in [5.41, 5.74) is 0.778. The van der Waals surface area contributed by atoms with Gasteiger partial charge in [-0.25, -0.2) is 12.8 Å². The Kier molecular flexibility index (Phi) is 7.53. The minimum absolute atomic E-state index is 0.179. The van der Waals surface area contributed by atoms with Gasteiger partial charge in [0.05, 0.1) is 10.9 Å². The molecule has 0 radical (unpaired) electrons. The molecule has 0 saturated carbocycles. The normalized spacial score (nSPS) is 12.6. The average Bonchev–Trinajstić information content (AvgIpc) is 2.68. The minimum atomic E-state index is -3.53. The van der Waals surface area contributed by atoms with E-state index in [2.05, 4.69) is 5.32 Å². The lowest BCUT2D eigenvalue weighted by molar-refractivity contribution is -0.123. The van der Waals surface area contributed by atoms with Gasteiger partial charge in [-0.3, -0.25) is 4.79 Å². The van der Waals surface area contributed by atoms with E-state index in [9.17, 15) is 17.6 Å². The molecule has 0 fully saturated rings. The van der Waals surface area contributed by atoms with Crippen LogP contribution in [0.3, 0.4) is 0 Å². The van der Waals surface area contributed by atoms with Crippen molar-refractivity contribution in [1.82, 2.24) is 9.62 Å². The number of hydrogen-bond donors (Lipinski definition) is 1. The summed E-state index contributed by atoms with van der Waals surface area (Å²) in [5.74, 6) is -0.281. The Bertz CT molecular complexity index is 879. The van der Waals surface area contributed by atoms with E-state index in [1.165, 1.54) is 40.7 Å². The molecule has 0 aliphatic heterocycles. The Balaban J connectivity index is 1.92. The molecule has 2 aromatic carbocycles. The van der Waals surface area contributed by atoms with E-state index in [1.54, 1.807) is 32.9 Å². The number of benzene rings is 2. The molecule has 2 rings (SSSR count). The van der Waals surface area contributed by atoms with E-state index in [4.69, 9.17) is 4.74 Å². The van der Waals surface area contributed by atoms with Crippen LogP contribution in [0, 0.1) is 5.82 Å². The molecule has 1 N–H and O–H groups in total. The highest BCUT2D eigenvalue weighted by Gasteiger charge is 2.21. The maximum Gasteiger partial charge on any atom is 0.258 e. The van der Waals surface area contributed by atoms with Crippen molar-refractivity contribution >= 4 is 15.9 Å². The van der Waals surface area contributed by atoms with E-state index in [0.717, 1.165) is 5.56 Å². The molecule has 0 aromatic heterocycles. The number of nitrogens with one attached hydrogen (secondary N) is 1. The first-order valence-electron chi connectivity index (χ1n) is 9.05. The second-order valence-corrected chi connectivity index (χ2v) is 8.13. The van der Waals surface area contributed by atoms with Gasteiger partial charge in [0.2, 0.25) is 10.0 Å². The zero-order valence-corrected chi connectivity index (χ0v) is 17.0. The van der Waals surface area contributed by atoms with Gasteiger partial charge in [-0.05, 0) is 48.9 Å². The predicted octanol–water partition coefficient (Wildman–Crippen LogP) is 3.11. The van der Waals surface area contributed by atoms with Crippen molar-refractivity contribution in [3.63, 3.8) is 0 Å². The van der Waals surface area contributed by atoms with Crippen LogP contribution in [0.15, 0.2) is 53.4 Å². The van der Waals surface area contributed by atoms with Crippen LogP contribution in [-0.4, -0.2) is 38.3 Å². The number of hydrogen-bond acceptors (Lipinski definition) is 4. The fraction of sp³-hybridized carbons (Fsp3) is 0.350. The molecule has 0 saturated heterocycles. The molecule has 1 amide bonds. The summed E-state index contributed by atoms with van der Waals surface area (Å²) in [6, 6.07) is 11.6. The molecule has 152 valence electrons. The van der Waals surface area contributed by atoms with Crippen molar-refractivity contribution < 1.29 is 22.3 Å². The summed E-state index contributed by atoms with van der Waals surface area (Å²) >= 11 is 0. The van der Waals surface area contributed by atoms with Crippen LogP contribution in [-0.2, 0) is 14.8 Å². The van der Waals surface area contributed by atoms with E-state index in [1.807, 2.05) is 0 Å². The minimum Gasteiger partial charge on any atom is -0.484 e. The molecule has 6 nitrogen and oxygen atoms in total. The summed E-state index contributed by atoms with van der Waals surface area (Å²) in [6.07, 6.45) is 0. The molecule has 0 bridgehead atoms. The fourth-order valence-electron chi connectivity index (χ4n) is 2.69. The van der Waals surface area contributed by atoms with Crippen LogP contribution in [0.1, 0.15) is 32.4 Å².